The first-order valence-corrected chi connectivity index (χ1v) is 12.4. The van der Waals surface area contributed by atoms with E-state index in [9.17, 15) is 9.59 Å². The van der Waals surface area contributed by atoms with Crippen LogP contribution in [0.5, 0.6) is 11.5 Å². The van der Waals surface area contributed by atoms with E-state index in [1.807, 2.05) is 0 Å². The van der Waals surface area contributed by atoms with Crippen LogP contribution in [0.1, 0.15) is 68.2 Å². The van der Waals surface area contributed by atoms with Crippen LogP contribution < -0.4 is 9.47 Å². The highest BCUT2D eigenvalue weighted by Gasteiger charge is 2.28. The van der Waals surface area contributed by atoms with E-state index in [0.29, 0.717) is 40.6 Å². The third kappa shape index (κ3) is 5.93. The molecule has 7 nitrogen and oxygen atoms in total. The number of aryl methyl sites for hydroxylation is 5. The summed E-state index contributed by atoms with van der Waals surface area (Å²) in [6.07, 6.45) is 0. The number of hydrogen-bond donors (Lipinski definition) is 0. The van der Waals surface area contributed by atoms with Gasteiger partial charge in [0.25, 0.3) is 0 Å². The summed E-state index contributed by atoms with van der Waals surface area (Å²) in [5.41, 5.74) is 7.03. The van der Waals surface area contributed by atoms with Gasteiger partial charge in [0.15, 0.2) is 11.5 Å². The largest absolute Gasteiger partial charge is 0.493 e. The van der Waals surface area contributed by atoms with Crippen LogP contribution in [-0.2, 0) is 16.1 Å². The van der Waals surface area contributed by atoms with Gasteiger partial charge in [-0.2, -0.15) is 0 Å². The lowest BCUT2D eigenvalue weighted by Crippen LogP contribution is -2.17. The van der Waals surface area contributed by atoms with Gasteiger partial charge in [-0.05, 0) is 88.4 Å². The Morgan fingerprint density at radius 1 is 0.757 bits per heavy atom. The van der Waals surface area contributed by atoms with Crippen LogP contribution in [0.25, 0.3) is 11.1 Å². The van der Waals surface area contributed by atoms with Crippen LogP contribution in [-0.4, -0.2) is 37.2 Å². The summed E-state index contributed by atoms with van der Waals surface area (Å²) < 4.78 is 22.4. The highest BCUT2D eigenvalue weighted by molar-refractivity contribution is 6.07. The molecule has 0 fully saturated rings. The van der Waals surface area contributed by atoms with Crippen LogP contribution >= 0.6 is 0 Å². The van der Waals surface area contributed by atoms with Crippen LogP contribution in [0.15, 0.2) is 30.3 Å². The van der Waals surface area contributed by atoms with Crippen molar-refractivity contribution >= 4 is 11.9 Å². The fourth-order valence-corrected chi connectivity index (χ4v) is 4.32. The molecule has 0 saturated heterocycles. The van der Waals surface area contributed by atoms with E-state index < -0.39 is 11.9 Å². The molecular formula is C30H35NO6. The zero-order chi connectivity index (χ0) is 27.3. The lowest BCUT2D eigenvalue weighted by atomic mass is 9.92. The zero-order valence-electron chi connectivity index (χ0n) is 22.9. The SMILES string of the molecule is CCOC(=O)c1c(C)nc(C)c(C(=O)OCC)c1-c1ccc(OCc2cc(C)c(C)cc2C)c(OC)c1. The number of carbonyl (C=O) groups is 2. The third-order valence-corrected chi connectivity index (χ3v) is 6.31. The number of ether oxygens (including phenoxy) is 4. The molecule has 2 aromatic carbocycles. The van der Waals surface area contributed by atoms with Gasteiger partial charge >= 0.3 is 11.9 Å². The number of pyridine rings is 1. The Labute approximate surface area is 218 Å². The molecule has 0 spiro atoms. The van der Waals surface area contributed by atoms with Gasteiger partial charge in [-0.25, -0.2) is 9.59 Å². The van der Waals surface area contributed by atoms with E-state index in [2.05, 4.69) is 37.9 Å². The lowest BCUT2D eigenvalue weighted by Gasteiger charge is -2.19. The quantitative estimate of drug-likeness (QED) is 0.319. The number of carbonyl (C=O) groups excluding carboxylic acids is 2. The van der Waals surface area contributed by atoms with Gasteiger partial charge < -0.3 is 18.9 Å². The van der Waals surface area contributed by atoms with Crippen molar-refractivity contribution in [3.8, 4) is 22.6 Å². The van der Waals surface area contributed by atoms with Crippen LogP contribution in [0.4, 0.5) is 0 Å². The minimum Gasteiger partial charge on any atom is -0.493 e. The van der Waals surface area contributed by atoms with Crippen molar-refractivity contribution in [1.82, 2.24) is 4.98 Å². The van der Waals surface area contributed by atoms with Crippen molar-refractivity contribution in [3.63, 3.8) is 0 Å². The molecule has 1 aromatic heterocycles. The number of hydrogen-bond acceptors (Lipinski definition) is 7. The Hall–Kier alpha value is -3.87. The zero-order valence-corrected chi connectivity index (χ0v) is 22.9. The van der Waals surface area contributed by atoms with E-state index in [1.54, 1.807) is 53.0 Å². The van der Waals surface area contributed by atoms with Gasteiger partial charge in [-0.15, -0.1) is 0 Å². The van der Waals surface area contributed by atoms with Crippen LogP contribution in [0, 0.1) is 34.6 Å². The summed E-state index contributed by atoms with van der Waals surface area (Å²) in [5, 5.41) is 0. The highest BCUT2D eigenvalue weighted by atomic mass is 16.5. The van der Waals surface area contributed by atoms with Gasteiger partial charge in [-0.1, -0.05) is 18.2 Å². The van der Waals surface area contributed by atoms with Crippen molar-refractivity contribution in [3.05, 3.63) is 75.1 Å². The number of nitrogens with zero attached hydrogens (tertiary/aromatic N) is 1. The number of methoxy groups -OCH3 is 1. The first-order valence-electron chi connectivity index (χ1n) is 12.4. The van der Waals surface area contributed by atoms with Gasteiger partial charge in [0, 0.05) is 5.56 Å². The molecule has 0 bridgehead atoms. The summed E-state index contributed by atoms with van der Waals surface area (Å²) >= 11 is 0. The Morgan fingerprint density at radius 2 is 1.32 bits per heavy atom. The average Bonchev–Trinajstić information content (AvgIpc) is 2.85. The van der Waals surface area contributed by atoms with Gasteiger partial charge in [-0.3, -0.25) is 4.98 Å². The molecule has 3 aromatic rings. The van der Waals surface area contributed by atoms with Gasteiger partial charge in [0.2, 0.25) is 0 Å². The molecule has 37 heavy (non-hydrogen) atoms. The predicted molar refractivity (Wildman–Crippen MR) is 143 cm³/mol. The molecule has 1 heterocycles. The molecule has 0 aliphatic rings. The molecular weight excluding hydrogens is 470 g/mol. The molecule has 7 heteroatoms. The molecule has 3 rings (SSSR count). The molecule has 0 aliphatic heterocycles. The lowest BCUT2D eigenvalue weighted by molar-refractivity contribution is 0.0525. The number of aromatic nitrogens is 1. The van der Waals surface area contributed by atoms with Gasteiger partial charge in [0.05, 0.1) is 42.8 Å². The summed E-state index contributed by atoms with van der Waals surface area (Å²) in [4.78, 5) is 30.4. The van der Waals surface area contributed by atoms with Crippen molar-refractivity contribution in [2.45, 2.75) is 55.1 Å². The summed E-state index contributed by atoms with van der Waals surface area (Å²) in [6.45, 7) is 13.9. The minimum absolute atomic E-state index is 0.189. The highest BCUT2D eigenvalue weighted by Crippen LogP contribution is 2.38. The van der Waals surface area contributed by atoms with Gasteiger partial charge in [0.1, 0.15) is 6.61 Å². The second-order valence-corrected chi connectivity index (χ2v) is 8.87. The van der Waals surface area contributed by atoms with Crippen molar-refractivity contribution in [2.24, 2.45) is 0 Å². The predicted octanol–water partition coefficient (Wildman–Crippen LogP) is 6.23. The molecule has 0 N–H and O–H groups in total. The standard InChI is InChI=1S/C30H35NO6/c1-9-35-29(32)26-20(6)31-21(7)27(30(33)36-10-2)28(26)22-11-12-24(25(15-22)34-8)37-16-23-14-18(4)17(3)13-19(23)5/h11-15H,9-10,16H2,1-8H3. The Morgan fingerprint density at radius 3 is 1.86 bits per heavy atom. The smallest absolute Gasteiger partial charge is 0.340 e. The van der Waals surface area contributed by atoms with E-state index in [0.717, 1.165) is 11.1 Å². The Bertz CT molecular complexity index is 1290. The van der Waals surface area contributed by atoms with Crippen molar-refractivity contribution in [1.29, 1.82) is 0 Å². The summed E-state index contributed by atoms with van der Waals surface area (Å²) in [6, 6.07) is 9.61. The first kappa shape index (κ1) is 27.7. The van der Waals surface area contributed by atoms with E-state index in [1.165, 1.54) is 11.1 Å². The number of benzene rings is 2. The number of rotatable bonds is 9. The summed E-state index contributed by atoms with van der Waals surface area (Å²) in [7, 11) is 1.55. The monoisotopic (exact) mass is 505 g/mol. The molecule has 0 unspecified atom stereocenters. The van der Waals surface area contributed by atoms with E-state index >= 15 is 0 Å². The molecule has 0 atom stereocenters. The van der Waals surface area contributed by atoms with E-state index in [4.69, 9.17) is 18.9 Å². The molecule has 0 saturated carbocycles. The maximum Gasteiger partial charge on any atom is 0.340 e. The topological polar surface area (TPSA) is 84.0 Å². The maximum absolute atomic E-state index is 13.0. The second-order valence-electron chi connectivity index (χ2n) is 8.87. The Kier molecular flexibility index (Phi) is 8.92. The third-order valence-electron chi connectivity index (χ3n) is 6.31. The van der Waals surface area contributed by atoms with Crippen molar-refractivity contribution < 1.29 is 28.5 Å². The van der Waals surface area contributed by atoms with Crippen LogP contribution in [0.3, 0.4) is 0 Å². The van der Waals surface area contributed by atoms with E-state index in [-0.39, 0.29) is 24.3 Å². The molecule has 0 radical (unpaired) electrons. The molecule has 0 aliphatic carbocycles. The van der Waals surface area contributed by atoms with Crippen molar-refractivity contribution in [2.75, 3.05) is 20.3 Å². The maximum atomic E-state index is 13.0. The molecule has 0 amide bonds. The van der Waals surface area contributed by atoms with Crippen LogP contribution in [0.2, 0.25) is 0 Å². The second kappa shape index (κ2) is 11.9. The Balaban J connectivity index is 2.12. The summed E-state index contributed by atoms with van der Waals surface area (Å²) in [5.74, 6) is -0.104. The molecule has 196 valence electrons. The fourth-order valence-electron chi connectivity index (χ4n) is 4.32. The number of esters is 2. The normalized spacial score (nSPS) is 10.7. The fraction of sp³-hybridized carbons (Fsp3) is 0.367. The average molecular weight is 506 g/mol. The minimum atomic E-state index is -0.558. The first-order chi connectivity index (χ1) is 17.6.